The van der Waals surface area contributed by atoms with Crippen molar-refractivity contribution in [1.82, 2.24) is 4.98 Å². The summed E-state index contributed by atoms with van der Waals surface area (Å²) < 4.78 is 1.04. The molecule has 0 radical (unpaired) electrons. The fourth-order valence-corrected chi connectivity index (χ4v) is 1.32. The van der Waals surface area contributed by atoms with Crippen molar-refractivity contribution in [3.8, 4) is 0 Å². The Hall–Kier alpha value is -0.0800. The quantitative estimate of drug-likeness (QED) is 0.698. The molecule has 0 aliphatic carbocycles. The van der Waals surface area contributed by atoms with Crippen molar-refractivity contribution >= 4 is 27.5 Å². The summed E-state index contributed by atoms with van der Waals surface area (Å²) in [7, 11) is 0. The van der Waals surface area contributed by atoms with Crippen molar-refractivity contribution < 1.29 is 0 Å². The molecular formula is C7H7BrClN. The Morgan fingerprint density at radius 2 is 2.40 bits per heavy atom. The second-order valence-corrected chi connectivity index (χ2v) is 3.10. The van der Waals surface area contributed by atoms with Gasteiger partial charge in [0.25, 0.3) is 0 Å². The second kappa shape index (κ2) is 3.94. The maximum Gasteiger partial charge on any atom is 0.0557 e. The molecule has 54 valence electrons. The lowest BCUT2D eigenvalue weighted by atomic mass is 10.3. The van der Waals surface area contributed by atoms with Crippen LogP contribution in [0.15, 0.2) is 22.8 Å². The number of aryl methyl sites for hydroxylation is 1. The molecule has 1 aromatic heterocycles. The van der Waals surface area contributed by atoms with Crippen molar-refractivity contribution in [2.45, 2.75) is 6.42 Å². The van der Waals surface area contributed by atoms with Crippen molar-refractivity contribution in [3.63, 3.8) is 0 Å². The molecule has 1 aromatic rings. The minimum Gasteiger partial charge on any atom is -0.260 e. The number of rotatable bonds is 2. The van der Waals surface area contributed by atoms with Gasteiger partial charge in [-0.1, -0.05) is 0 Å². The standard InChI is InChI=1S/C7H7BrClN/c8-6-2-1-5-10-7(6)3-4-9/h1-2,5H,3-4H2. The van der Waals surface area contributed by atoms with Gasteiger partial charge in [0.15, 0.2) is 0 Å². The predicted molar refractivity (Wildman–Crippen MR) is 46.4 cm³/mol. The molecule has 0 saturated carbocycles. The third-order valence-electron chi connectivity index (χ3n) is 1.17. The Bertz CT molecular complexity index is 215. The molecule has 10 heavy (non-hydrogen) atoms. The molecule has 0 atom stereocenters. The van der Waals surface area contributed by atoms with Gasteiger partial charge in [0.05, 0.1) is 5.69 Å². The molecule has 0 aliphatic rings. The number of halogens is 2. The third-order valence-corrected chi connectivity index (χ3v) is 2.08. The summed E-state index contributed by atoms with van der Waals surface area (Å²) in [6.07, 6.45) is 2.59. The van der Waals surface area contributed by atoms with Gasteiger partial charge in [-0.05, 0) is 28.1 Å². The normalized spacial score (nSPS) is 9.80. The smallest absolute Gasteiger partial charge is 0.0557 e. The number of alkyl halides is 1. The second-order valence-electron chi connectivity index (χ2n) is 1.87. The fraction of sp³-hybridized carbons (Fsp3) is 0.286. The number of hydrogen-bond acceptors (Lipinski definition) is 1. The van der Waals surface area contributed by atoms with E-state index in [1.165, 1.54) is 0 Å². The minimum atomic E-state index is 0.621. The zero-order chi connectivity index (χ0) is 7.40. The first kappa shape index (κ1) is 8.02. The number of hydrogen-bond donors (Lipinski definition) is 0. The van der Waals surface area contributed by atoms with Crippen molar-refractivity contribution in [1.29, 1.82) is 0 Å². The van der Waals surface area contributed by atoms with Crippen LogP contribution in [-0.2, 0) is 6.42 Å². The molecule has 0 aromatic carbocycles. The predicted octanol–water partition coefficient (Wildman–Crippen LogP) is 2.63. The first-order valence-electron chi connectivity index (χ1n) is 3.00. The molecule has 3 heteroatoms. The van der Waals surface area contributed by atoms with Gasteiger partial charge in [-0.3, -0.25) is 4.98 Å². The van der Waals surface area contributed by atoms with Crippen LogP contribution < -0.4 is 0 Å². The number of aromatic nitrogens is 1. The SMILES string of the molecule is ClCCc1ncccc1Br. The van der Waals surface area contributed by atoms with Gasteiger partial charge in [-0.25, -0.2) is 0 Å². The van der Waals surface area contributed by atoms with Gasteiger partial charge in [0.2, 0.25) is 0 Å². The molecule has 1 rings (SSSR count). The van der Waals surface area contributed by atoms with Crippen molar-refractivity contribution in [2.75, 3.05) is 5.88 Å². The van der Waals surface area contributed by atoms with E-state index in [1.807, 2.05) is 12.1 Å². The monoisotopic (exact) mass is 219 g/mol. The van der Waals surface area contributed by atoms with Gasteiger partial charge < -0.3 is 0 Å². The van der Waals surface area contributed by atoms with E-state index in [9.17, 15) is 0 Å². The van der Waals surface area contributed by atoms with Crippen molar-refractivity contribution in [2.24, 2.45) is 0 Å². The van der Waals surface area contributed by atoms with Crippen LogP contribution in [0, 0.1) is 0 Å². The lowest BCUT2D eigenvalue weighted by molar-refractivity contribution is 1.03. The molecule has 0 unspecified atom stereocenters. The van der Waals surface area contributed by atoms with Gasteiger partial charge in [-0.15, -0.1) is 11.6 Å². The minimum absolute atomic E-state index is 0.621. The average molecular weight is 220 g/mol. The summed E-state index contributed by atoms with van der Waals surface area (Å²) in [5.74, 6) is 0.621. The molecule has 0 bridgehead atoms. The molecule has 0 aliphatic heterocycles. The average Bonchev–Trinajstić information content (AvgIpc) is 1.94. The third kappa shape index (κ3) is 1.96. The maximum absolute atomic E-state index is 5.55. The molecule has 0 amide bonds. The summed E-state index contributed by atoms with van der Waals surface area (Å²) in [6.45, 7) is 0. The van der Waals surface area contributed by atoms with Crippen LogP contribution in [-0.4, -0.2) is 10.9 Å². The Morgan fingerprint density at radius 3 is 3.00 bits per heavy atom. The highest BCUT2D eigenvalue weighted by Gasteiger charge is 1.96. The van der Waals surface area contributed by atoms with E-state index in [1.54, 1.807) is 6.20 Å². The van der Waals surface area contributed by atoms with E-state index in [0.717, 1.165) is 16.6 Å². The lowest BCUT2D eigenvalue weighted by Gasteiger charge is -1.97. The van der Waals surface area contributed by atoms with Gasteiger partial charge >= 0.3 is 0 Å². The van der Waals surface area contributed by atoms with Crippen LogP contribution in [0.25, 0.3) is 0 Å². The topological polar surface area (TPSA) is 12.9 Å². The molecule has 1 heterocycles. The molecule has 1 nitrogen and oxygen atoms in total. The van der Waals surface area contributed by atoms with Crippen LogP contribution >= 0.6 is 27.5 Å². The molecule has 0 spiro atoms. The largest absolute Gasteiger partial charge is 0.260 e. The molecule has 0 fully saturated rings. The van der Waals surface area contributed by atoms with Gasteiger partial charge in [0.1, 0.15) is 0 Å². The van der Waals surface area contributed by atoms with Crippen LogP contribution in [0.4, 0.5) is 0 Å². The Labute approximate surface area is 73.6 Å². The Morgan fingerprint density at radius 1 is 1.60 bits per heavy atom. The molecule has 0 N–H and O–H groups in total. The number of nitrogens with zero attached hydrogens (tertiary/aromatic N) is 1. The lowest BCUT2D eigenvalue weighted by Crippen LogP contribution is -1.90. The summed E-state index contributed by atoms with van der Waals surface area (Å²) >= 11 is 8.92. The summed E-state index contributed by atoms with van der Waals surface area (Å²) in [5.41, 5.74) is 1.03. The van der Waals surface area contributed by atoms with Crippen LogP contribution in [0.5, 0.6) is 0 Å². The van der Waals surface area contributed by atoms with E-state index in [-0.39, 0.29) is 0 Å². The molecule has 0 saturated heterocycles. The molecular weight excluding hydrogens is 213 g/mol. The Kier molecular flexibility index (Phi) is 3.16. The van der Waals surface area contributed by atoms with E-state index < -0.39 is 0 Å². The van der Waals surface area contributed by atoms with Crippen LogP contribution in [0.1, 0.15) is 5.69 Å². The van der Waals surface area contributed by atoms with Gasteiger partial charge in [0, 0.05) is 23.0 Å². The van der Waals surface area contributed by atoms with Crippen molar-refractivity contribution in [3.05, 3.63) is 28.5 Å². The zero-order valence-corrected chi connectivity index (χ0v) is 7.69. The van der Waals surface area contributed by atoms with E-state index in [4.69, 9.17) is 11.6 Å². The van der Waals surface area contributed by atoms with E-state index in [0.29, 0.717) is 5.88 Å². The summed E-state index contributed by atoms with van der Waals surface area (Å²) in [5, 5.41) is 0. The summed E-state index contributed by atoms with van der Waals surface area (Å²) in [4.78, 5) is 4.14. The maximum atomic E-state index is 5.55. The highest BCUT2D eigenvalue weighted by Crippen LogP contribution is 2.13. The van der Waals surface area contributed by atoms with E-state index in [2.05, 4.69) is 20.9 Å². The first-order chi connectivity index (χ1) is 4.84. The highest BCUT2D eigenvalue weighted by molar-refractivity contribution is 9.10. The van der Waals surface area contributed by atoms with Crippen LogP contribution in [0.3, 0.4) is 0 Å². The fourth-order valence-electron chi connectivity index (χ4n) is 0.692. The van der Waals surface area contributed by atoms with Crippen LogP contribution in [0.2, 0.25) is 0 Å². The highest BCUT2D eigenvalue weighted by atomic mass is 79.9. The van der Waals surface area contributed by atoms with E-state index >= 15 is 0 Å². The first-order valence-corrected chi connectivity index (χ1v) is 4.32. The summed E-state index contributed by atoms with van der Waals surface area (Å²) in [6, 6.07) is 3.86. The number of pyridine rings is 1. The van der Waals surface area contributed by atoms with Gasteiger partial charge in [-0.2, -0.15) is 0 Å². The Balaban J connectivity index is 2.81. The zero-order valence-electron chi connectivity index (χ0n) is 5.35.